The van der Waals surface area contributed by atoms with Gasteiger partial charge < -0.3 is 10.5 Å². The van der Waals surface area contributed by atoms with E-state index in [-0.39, 0.29) is 17.2 Å². The lowest BCUT2D eigenvalue weighted by molar-refractivity contribution is 0.0601. The molecule has 0 radical (unpaired) electrons. The second kappa shape index (κ2) is 4.74. The van der Waals surface area contributed by atoms with Crippen LogP contribution in [0.2, 0.25) is 0 Å². The number of ether oxygens (including phenoxy) is 1. The Bertz CT molecular complexity index is 582. The molecule has 0 fully saturated rings. The Morgan fingerprint density at radius 3 is 2.33 bits per heavy atom. The molecule has 0 saturated heterocycles. The van der Waals surface area contributed by atoms with Crippen molar-refractivity contribution >= 4 is 11.8 Å². The van der Waals surface area contributed by atoms with E-state index in [0.717, 1.165) is 5.56 Å². The van der Waals surface area contributed by atoms with Gasteiger partial charge in [-0.1, -0.05) is 0 Å². The van der Waals surface area contributed by atoms with Crippen LogP contribution in [0, 0.1) is 6.92 Å². The molecule has 0 bridgehead atoms. The Morgan fingerprint density at radius 2 is 1.78 bits per heavy atom. The van der Waals surface area contributed by atoms with Crippen LogP contribution in [0.5, 0.6) is 0 Å². The van der Waals surface area contributed by atoms with Gasteiger partial charge in [-0.25, -0.2) is 24.7 Å². The molecule has 0 aliphatic heterocycles. The second-order valence-corrected chi connectivity index (χ2v) is 3.57. The van der Waals surface area contributed by atoms with E-state index in [0.29, 0.717) is 5.82 Å². The fourth-order valence-corrected chi connectivity index (χ4v) is 1.28. The maximum absolute atomic E-state index is 11.3. The zero-order chi connectivity index (χ0) is 13.1. The average Bonchev–Trinajstić information content (AvgIpc) is 2.38. The molecule has 92 valence electrons. The highest BCUT2D eigenvalue weighted by Crippen LogP contribution is 2.14. The average molecular weight is 245 g/mol. The van der Waals surface area contributed by atoms with Crippen LogP contribution in [-0.2, 0) is 4.74 Å². The molecule has 0 spiro atoms. The summed E-state index contributed by atoms with van der Waals surface area (Å²) in [5.74, 6) is 0.0729. The molecule has 2 aromatic rings. The Balaban J connectivity index is 2.40. The number of aromatic nitrogens is 4. The normalized spacial score (nSPS) is 10.1. The van der Waals surface area contributed by atoms with E-state index in [1.54, 1.807) is 12.4 Å². The molecule has 0 aliphatic carbocycles. The Labute approximate surface area is 103 Å². The van der Waals surface area contributed by atoms with Crippen LogP contribution >= 0.6 is 0 Å². The molecule has 0 saturated carbocycles. The summed E-state index contributed by atoms with van der Waals surface area (Å²) in [7, 11) is 1.26. The van der Waals surface area contributed by atoms with Crippen molar-refractivity contribution in [3.05, 3.63) is 29.7 Å². The maximum Gasteiger partial charge on any atom is 0.343 e. The lowest BCUT2D eigenvalue weighted by atomic mass is 10.3. The first-order valence-corrected chi connectivity index (χ1v) is 5.11. The van der Waals surface area contributed by atoms with Crippen LogP contribution in [0.15, 0.2) is 18.6 Å². The lowest BCUT2D eigenvalue weighted by Gasteiger charge is -2.04. The van der Waals surface area contributed by atoms with Crippen molar-refractivity contribution in [2.45, 2.75) is 6.92 Å². The van der Waals surface area contributed by atoms with E-state index in [4.69, 9.17) is 5.73 Å². The number of nitrogens with two attached hydrogens (primary N) is 1. The zero-order valence-corrected chi connectivity index (χ0v) is 9.91. The summed E-state index contributed by atoms with van der Waals surface area (Å²) >= 11 is 0. The Kier molecular flexibility index (Phi) is 3.13. The van der Waals surface area contributed by atoms with Crippen molar-refractivity contribution in [3.8, 4) is 11.6 Å². The fraction of sp³-hybridized carbons (Fsp3) is 0.182. The number of esters is 1. The molecule has 0 amide bonds. The van der Waals surface area contributed by atoms with Crippen LogP contribution in [0.3, 0.4) is 0 Å². The number of methoxy groups -OCH3 is 1. The van der Waals surface area contributed by atoms with Crippen LogP contribution in [0.25, 0.3) is 11.6 Å². The highest BCUT2D eigenvalue weighted by Gasteiger charge is 2.14. The largest absolute Gasteiger partial charge is 0.465 e. The first-order valence-electron chi connectivity index (χ1n) is 5.11. The molecule has 7 nitrogen and oxygen atoms in total. The third-order valence-electron chi connectivity index (χ3n) is 2.20. The fourth-order valence-electron chi connectivity index (χ4n) is 1.28. The first-order chi connectivity index (χ1) is 8.61. The van der Waals surface area contributed by atoms with E-state index in [9.17, 15) is 4.79 Å². The van der Waals surface area contributed by atoms with Gasteiger partial charge in [-0.15, -0.1) is 0 Å². The summed E-state index contributed by atoms with van der Waals surface area (Å²) < 4.78 is 4.55. The highest BCUT2D eigenvalue weighted by atomic mass is 16.5. The first kappa shape index (κ1) is 11.9. The van der Waals surface area contributed by atoms with Gasteiger partial charge in [-0.05, 0) is 12.5 Å². The van der Waals surface area contributed by atoms with E-state index < -0.39 is 5.97 Å². The SMILES string of the molecule is COC(=O)c1cnc(-c2ncc(C)cn2)nc1N. The molecule has 2 aromatic heterocycles. The van der Waals surface area contributed by atoms with E-state index in [1.165, 1.54) is 13.3 Å². The van der Waals surface area contributed by atoms with Crippen LogP contribution in [0.4, 0.5) is 5.82 Å². The number of carbonyl (C=O) groups is 1. The van der Waals surface area contributed by atoms with Crippen molar-refractivity contribution < 1.29 is 9.53 Å². The molecule has 7 heteroatoms. The highest BCUT2D eigenvalue weighted by molar-refractivity contribution is 5.93. The topological polar surface area (TPSA) is 104 Å². The smallest absolute Gasteiger partial charge is 0.343 e. The van der Waals surface area contributed by atoms with Crippen molar-refractivity contribution in [1.82, 2.24) is 19.9 Å². The Morgan fingerprint density at radius 1 is 1.17 bits per heavy atom. The number of aryl methyl sites for hydroxylation is 1. The number of carbonyl (C=O) groups excluding carboxylic acids is 1. The number of nitrogen functional groups attached to an aromatic ring is 1. The molecule has 0 unspecified atom stereocenters. The van der Waals surface area contributed by atoms with Gasteiger partial charge in [0.15, 0.2) is 11.6 Å². The standard InChI is InChI=1S/C11H11N5O2/c1-6-3-13-9(14-4-6)10-15-5-7(8(12)16-10)11(17)18-2/h3-5H,1-2H3,(H2,12,15,16). The van der Waals surface area contributed by atoms with Crippen molar-refractivity contribution in [2.75, 3.05) is 12.8 Å². The van der Waals surface area contributed by atoms with Crippen LogP contribution in [0.1, 0.15) is 15.9 Å². The van der Waals surface area contributed by atoms with Gasteiger partial charge in [0.05, 0.1) is 7.11 Å². The third-order valence-corrected chi connectivity index (χ3v) is 2.20. The molecular formula is C11H11N5O2. The van der Waals surface area contributed by atoms with Gasteiger partial charge in [0, 0.05) is 18.6 Å². The monoisotopic (exact) mass is 245 g/mol. The van der Waals surface area contributed by atoms with Crippen molar-refractivity contribution in [3.63, 3.8) is 0 Å². The van der Waals surface area contributed by atoms with Gasteiger partial charge in [-0.2, -0.15) is 0 Å². The van der Waals surface area contributed by atoms with Crippen LogP contribution in [-0.4, -0.2) is 33.0 Å². The minimum atomic E-state index is -0.580. The minimum Gasteiger partial charge on any atom is -0.465 e. The quantitative estimate of drug-likeness (QED) is 0.773. The molecule has 18 heavy (non-hydrogen) atoms. The van der Waals surface area contributed by atoms with Crippen molar-refractivity contribution in [2.24, 2.45) is 0 Å². The summed E-state index contributed by atoms with van der Waals surface area (Å²) in [4.78, 5) is 27.4. The predicted octanol–water partition coefficient (Wildman–Crippen LogP) is 0.611. The van der Waals surface area contributed by atoms with E-state index in [1.807, 2.05) is 6.92 Å². The van der Waals surface area contributed by atoms with Gasteiger partial charge in [0.1, 0.15) is 11.4 Å². The summed E-state index contributed by atoms with van der Waals surface area (Å²) in [6, 6.07) is 0. The number of nitrogens with zero attached hydrogens (tertiary/aromatic N) is 4. The second-order valence-electron chi connectivity index (χ2n) is 3.57. The molecule has 0 atom stereocenters. The van der Waals surface area contributed by atoms with Gasteiger partial charge in [0.25, 0.3) is 0 Å². The number of hydrogen-bond donors (Lipinski definition) is 1. The summed E-state index contributed by atoms with van der Waals surface area (Å²) in [5.41, 5.74) is 6.71. The summed E-state index contributed by atoms with van der Waals surface area (Å²) in [5, 5.41) is 0. The molecular weight excluding hydrogens is 234 g/mol. The van der Waals surface area contributed by atoms with E-state index in [2.05, 4.69) is 24.7 Å². The summed E-state index contributed by atoms with van der Waals surface area (Å²) in [6.07, 6.45) is 4.60. The number of hydrogen-bond acceptors (Lipinski definition) is 7. The Hall–Kier alpha value is -2.57. The molecule has 0 aromatic carbocycles. The molecule has 0 aliphatic rings. The number of rotatable bonds is 2. The van der Waals surface area contributed by atoms with Crippen LogP contribution < -0.4 is 5.73 Å². The zero-order valence-electron chi connectivity index (χ0n) is 9.91. The number of anilines is 1. The maximum atomic E-state index is 11.3. The van der Waals surface area contributed by atoms with Gasteiger partial charge in [0.2, 0.25) is 0 Å². The predicted molar refractivity (Wildman–Crippen MR) is 63.5 cm³/mol. The third kappa shape index (κ3) is 2.24. The molecule has 2 rings (SSSR count). The summed E-state index contributed by atoms with van der Waals surface area (Å²) in [6.45, 7) is 1.87. The molecule has 2 N–H and O–H groups in total. The van der Waals surface area contributed by atoms with Crippen molar-refractivity contribution in [1.29, 1.82) is 0 Å². The van der Waals surface area contributed by atoms with Gasteiger partial charge >= 0.3 is 5.97 Å². The lowest BCUT2D eigenvalue weighted by Crippen LogP contribution is -2.09. The minimum absolute atomic E-state index is 0.0380. The van der Waals surface area contributed by atoms with E-state index >= 15 is 0 Å². The molecule has 2 heterocycles. The van der Waals surface area contributed by atoms with Gasteiger partial charge in [-0.3, -0.25) is 0 Å².